The Hall–Kier alpha value is -1.87. The molecule has 0 spiro atoms. The third-order valence-electron chi connectivity index (χ3n) is 2.74. The minimum Gasteiger partial charge on any atom is -0.268 e. The number of rotatable bonds is 4. The van der Waals surface area contributed by atoms with E-state index in [1.807, 2.05) is 0 Å². The lowest BCUT2D eigenvalue weighted by molar-refractivity contribution is -0.384. The zero-order valence-corrected chi connectivity index (χ0v) is 11.8. The lowest BCUT2D eigenvalue weighted by atomic mass is 10.2. The van der Waals surface area contributed by atoms with E-state index in [-0.39, 0.29) is 22.7 Å². The molecule has 1 amide bonds. The fourth-order valence-electron chi connectivity index (χ4n) is 1.81. The number of nitro benzene ring substituents is 1. The topological polar surface area (TPSA) is 97.6 Å². The van der Waals surface area contributed by atoms with Gasteiger partial charge in [-0.2, -0.15) is 12.6 Å². The minimum absolute atomic E-state index is 0.121. The maximum absolute atomic E-state index is 12.2. The fourth-order valence-corrected chi connectivity index (χ4v) is 3.46. The molecule has 1 aromatic carbocycles. The van der Waals surface area contributed by atoms with E-state index in [0.717, 1.165) is 18.2 Å². The van der Waals surface area contributed by atoms with Gasteiger partial charge in [0.15, 0.2) is 0 Å². The van der Waals surface area contributed by atoms with E-state index < -0.39 is 20.9 Å². The molecule has 0 saturated carbocycles. The van der Waals surface area contributed by atoms with Crippen LogP contribution in [0.4, 0.5) is 5.69 Å². The quantitative estimate of drug-likeness (QED) is 0.390. The Bertz CT molecular complexity index is 712. The first-order valence-electron chi connectivity index (χ1n) is 5.51. The van der Waals surface area contributed by atoms with Gasteiger partial charge in [0.1, 0.15) is 4.90 Å². The van der Waals surface area contributed by atoms with Gasteiger partial charge in [0.2, 0.25) is 0 Å². The summed E-state index contributed by atoms with van der Waals surface area (Å²) in [6.45, 7) is -0.121. The van der Waals surface area contributed by atoms with E-state index in [4.69, 9.17) is 0 Å². The highest BCUT2D eigenvalue weighted by Crippen LogP contribution is 2.32. The van der Waals surface area contributed by atoms with Crippen LogP contribution in [-0.2, 0) is 10.0 Å². The summed E-state index contributed by atoms with van der Waals surface area (Å²) in [5.41, 5.74) is -0.487. The standard InChI is InChI=1S/C11H10N2O5S2/c14-11-9-7-8(13(15)16)3-4-10(9)20(17,18)12(11)5-1-2-6-19/h1-4,7,19H,5-6H2/b2-1+. The third kappa shape index (κ3) is 2.29. The number of thiol groups is 1. The summed E-state index contributed by atoms with van der Waals surface area (Å²) in [6.07, 6.45) is 3.11. The molecule has 9 heteroatoms. The molecule has 106 valence electrons. The highest BCUT2D eigenvalue weighted by Gasteiger charge is 2.41. The first kappa shape index (κ1) is 14.5. The van der Waals surface area contributed by atoms with Crippen LogP contribution in [-0.4, -0.2) is 35.9 Å². The normalized spacial score (nSPS) is 16.6. The van der Waals surface area contributed by atoms with Crippen LogP contribution in [0.25, 0.3) is 0 Å². The van der Waals surface area contributed by atoms with E-state index in [2.05, 4.69) is 12.6 Å². The number of benzene rings is 1. The van der Waals surface area contributed by atoms with Crippen LogP contribution in [0.2, 0.25) is 0 Å². The first-order chi connectivity index (χ1) is 9.39. The summed E-state index contributed by atoms with van der Waals surface area (Å²) in [6, 6.07) is 3.14. The second-order valence-corrected chi connectivity index (χ2v) is 6.13. The molecule has 1 aliphatic rings. The van der Waals surface area contributed by atoms with E-state index in [0.29, 0.717) is 10.1 Å². The molecule has 1 aliphatic heterocycles. The summed E-state index contributed by atoms with van der Waals surface area (Å²) in [5, 5.41) is 10.7. The summed E-state index contributed by atoms with van der Waals surface area (Å²) in [4.78, 5) is 21.8. The van der Waals surface area contributed by atoms with Crippen LogP contribution in [0, 0.1) is 10.1 Å². The van der Waals surface area contributed by atoms with Crippen LogP contribution < -0.4 is 0 Å². The highest BCUT2D eigenvalue weighted by molar-refractivity contribution is 7.90. The smallest absolute Gasteiger partial charge is 0.268 e. The molecule has 0 radical (unpaired) electrons. The molecule has 20 heavy (non-hydrogen) atoms. The number of nitro groups is 1. The van der Waals surface area contributed by atoms with Gasteiger partial charge in [-0.25, -0.2) is 12.7 Å². The van der Waals surface area contributed by atoms with Gasteiger partial charge >= 0.3 is 0 Å². The Morgan fingerprint density at radius 1 is 1.35 bits per heavy atom. The van der Waals surface area contributed by atoms with E-state index in [9.17, 15) is 23.3 Å². The average molecular weight is 314 g/mol. The van der Waals surface area contributed by atoms with Crippen molar-refractivity contribution in [3.05, 3.63) is 46.0 Å². The average Bonchev–Trinajstić information content (AvgIpc) is 2.59. The van der Waals surface area contributed by atoms with E-state index in [1.165, 1.54) is 6.08 Å². The summed E-state index contributed by atoms with van der Waals surface area (Å²) in [7, 11) is -3.93. The lowest BCUT2D eigenvalue weighted by Gasteiger charge is -2.11. The van der Waals surface area contributed by atoms with Gasteiger partial charge in [-0.3, -0.25) is 14.9 Å². The number of carbonyl (C=O) groups excluding carboxylic acids is 1. The van der Waals surface area contributed by atoms with Gasteiger partial charge in [-0.05, 0) is 6.07 Å². The Labute approximate surface area is 120 Å². The number of fused-ring (bicyclic) bond motifs is 1. The zero-order valence-electron chi connectivity index (χ0n) is 10.1. The molecule has 0 aliphatic carbocycles. The van der Waals surface area contributed by atoms with Crippen molar-refractivity contribution in [3.63, 3.8) is 0 Å². The third-order valence-corrected chi connectivity index (χ3v) is 4.76. The molecule has 0 saturated heterocycles. The van der Waals surface area contributed by atoms with Gasteiger partial charge in [-0.15, -0.1) is 0 Å². The fraction of sp³-hybridized carbons (Fsp3) is 0.182. The van der Waals surface area contributed by atoms with Crippen molar-refractivity contribution in [2.75, 3.05) is 12.3 Å². The molecule has 1 aromatic rings. The molecule has 0 aromatic heterocycles. The van der Waals surface area contributed by atoms with Crippen LogP contribution >= 0.6 is 12.6 Å². The number of amides is 1. The first-order valence-corrected chi connectivity index (χ1v) is 7.58. The Morgan fingerprint density at radius 2 is 2.05 bits per heavy atom. The number of hydrogen-bond donors (Lipinski definition) is 1. The highest BCUT2D eigenvalue weighted by atomic mass is 32.2. The summed E-state index contributed by atoms with van der Waals surface area (Å²) >= 11 is 3.93. The van der Waals surface area contributed by atoms with Crippen molar-refractivity contribution < 1.29 is 18.1 Å². The van der Waals surface area contributed by atoms with E-state index >= 15 is 0 Å². The molecular weight excluding hydrogens is 304 g/mol. The molecule has 0 bridgehead atoms. The summed E-state index contributed by atoms with van der Waals surface area (Å²) < 4.78 is 25.0. The van der Waals surface area contributed by atoms with Crippen molar-refractivity contribution in [3.8, 4) is 0 Å². The Balaban J connectivity index is 2.47. The van der Waals surface area contributed by atoms with Gasteiger partial charge in [-0.1, -0.05) is 12.2 Å². The van der Waals surface area contributed by atoms with Gasteiger partial charge < -0.3 is 0 Å². The van der Waals surface area contributed by atoms with Crippen LogP contribution in [0.3, 0.4) is 0 Å². The SMILES string of the molecule is O=C1c2cc([N+](=O)[O-])ccc2S(=O)(=O)N1C/C=C/CS. The van der Waals surface area contributed by atoms with Crippen molar-refractivity contribution in [1.82, 2.24) is 4.31 Å². The maximum Gasteiger partial charge on any atom is 0.270 e. The largest absolute Gasteiger partial charge is 0.270 e. The number of sulfonamides is 1. The molecule has 0 fully saturated rings. The van der Waals surface area contributed by atoms with E-state index in [1.54, 1.807) is 6.08 Å². The number of hydrogen-bond acceptors (Lipinski definition) is 6. The Kier molecular flexibility index (Phi) is 3.82. The van der Waals surface area contributed by atoms with Crippen LogP contribution in [0.15, 0.2) is 35.2 Å². The number of carbonyl (C=O) groups is 1. The van der Waals surface area contributed by atoms with Gasteiger partial charge in [0.05, 0.1) is 17.0 Å². The van der Waals surface area contributed by atoms with Crippen LogP contribution in [0.1, 0.15) is 10.4 Å². The number of non-ortho nitro benzene ring substituents is 1. The molecule has 0 N–H and O–H groups in total. The van der Waals surface area contributed by atoms with Gasteiger partial charge in [0, 0.05) is 17.9 Å². The van der Waals surface area contributed by atoms with Crippen molar-refractivity contribution >= 4 is 34.2 Å². The summed E-state index contributed by atoms with van der Waals surface area (Å²) in [5.74, 6) is -0.340. The lowest BCUT2D eigenvalue weighted by Crippen LogP contribution is -2.30. The maximum atomic E-state index is 12.2. The molecule has 0 atom stereocenters. The zero-order chi connectivity index (χ0) is 14.9. The molecular formula is C11H10N2O5S2. The molecule has 0 unspecified atom stereocenters. The van der Waals surface area contributed by atoms with Crippen LogP contribution in [0.5, 0.6) is 0 Å². The van der Waals surface area contributed by atoms with Crippen molar-refractivity contribution in [2.24, 2.45) is 0 Å². The molecule has 7 nitrogen and oxygen atoms in total. The molecule has 2 rings (SSSR count). The van der Waals surface area contributed by atoms with Gasteiger partial charge in [0.25, 0.3) is 21.6 Å². The van der Waals surface area contributed by atoms with Crippen molar-refractivity contribution in [2.45, 2.75) is 4.90 Å². The number of nitrogens with zero attached hydrogens (tertiary/aromatic N) is 2. The predicted octanol–water partition coefficient (Wildman–Crippen LogP) is 1.23. The van der Waals surface area contributed by atoms with Crippen molar-refractivity contribution in [1.29, 1.82) is 0 Å². The minimum atomic E-state index is -3.93. The second-order valence-electron chi connectivity index (χ2n) is 3.93. The predicted molar refractivity (Wildman–Crippen MR) is 74.3 cm³/mol. The second kappa shape index (κ2) is 5.25. The molecule has 1 heterocycles. The Morgan fingerprint density at radius 3 is 2.65 bits per heavy atom. The monoisotopic (exact) mass is 314 g/mol.